The van der Waals surface area contributed by atoms with Gasteiger partial charge in [0.05, 0.1) is 5.97 Å². The molecule has 0 radical (unpaired) electrons. The summed E-state index contributed by atoms with van der Waals surface area (Å²) in [5.74, 6) is -1.09. The maximum atomic E-state index is 10.4. The zero-order valence-electron chi connectivity index (χ0n) is 8.13. The maximum Gasteiger partial charge on any atom is 0.0669 e. The number of carbonyl (C=O) groups excluding carboxylic acids is 1. The summed E-state index contributed by atoms with van der Waals surface area (Å²) >= 11 is 0. The molecule has 12 heavy (non-hydrogen) atoms. The predicted octanol–water partition coefficient (Wildman–Crippen LogP) is 0.0228. The normalized spacial score (nSPS) is 14.9. The molecule has 0 aromatic heterocycles. The molecule has 0 saturated heterocycles. The van der Waals surface area contributed by atoms with Crippen molar-refractivity contribution < 1.29 is 9.90 Å². The molecule has 0 rings (SSSR count). The second-order valence-corrected chi connectivity index (χ2v) is 3.08. The predicted molar refractivity (Wildman–Crippen MR) is 46.5 cm³/mol. The Balaban J connectivity index is 4.35. The zero-order chi connectivity index (χ0) is 9.72. The van der Waals surface area contributed by atoms with E-state index in [0.717, 1.165) is 6.42 Å². The van der Waals surface area contributed by atoms with Crippen molar-refractivity contribution in [3.8, 4) is 0 Å². The van der Waals surface area contributed by atoms with Crippen LogP contribution in [0.15, 0.2) is 11.6 Å². The highest BCUT2D eigenvalue weighted by Crippen LogP contribution is 2.04. The molecule has 1 atom stereocenters. The van der Waals surface area contributed by atoms with E-state index in [9.17, 15) is 9.90 Å². The molecule has 0 saturated carbocycles. The van der Waals surface area contributed by atoms with Crippen LogP contribution in [0, 0.1) is 0 Å². The van der Waals surface area contributed by atoms with Gasteiger partial charge in [-0.1, -0.05) is 13.0 Å². The van der Waals surface area contributed by atoms with Gasteiger partial charge in [-0.25, -0.2) is 0 Å². The first-order valence-electron chi connectivity index (χ1n) is 4.05. The molecule has 3 heteroatoms. The van der Waals surface area contributed by atoms with E-state index in [4.69, 9.17) is 0 Å². The molecule has 0 fully saturated rings. The first-order valence-corrected chi connectivity index (χ1v) is 4.05. The third-order valence-electron chi connectivity index (χ3n) is 1.85. The molecule has 0 aliphatic rings. The Bertz CT molecular complexity index is 185. The van der Waals surface area contributed by atoms with Crippen LogP contribution < -0.4 is 5.11 Å². The minimum atomic E-state index is -1.09. The minimum absolute atomic E-state index is 0.183. The first kappa shape index (κ1) is 11.2. The molecule has 0 N–H and O–H groups in total. The van der Waals surface area contributed by atoms with E-state index < -0.39 is 5.97 Å². The van der Waals surface area contributed by atoms with E-state index in [1.54, 1.807) is 13.0 Å². The average molecular weight is 170 g/mol. The number of carboxylic acids is 1. The first-order chi connectivity index (χ1) is 5.49. The third kappa shape index (κ3) is 3.53. The number of hydrogen-bond donors (Lipinski definition) is 0. The summed E-state index contributed by atoms with van der Waals surface area (Å²) in [5.41, 5.74) is 0.301. The molecular formula is C9H16NO2-. The molecule has 0 heterocycles. The molecule has 0 aromatic rings. The summed E-state index contributed by atoms with van der Waals surface area (Å²) in [5, 5.41) is 10.4. The number of rotatable bonds is 4. The van der Waals surface area contributed by atoms with Crippen LogP contribution in [-0.4, -0.2) is 31.0 Å². The lowest BCUT2D eigenvalue weighted by Gasteiger charge is -2.20. The van der Waals surface area contributed by atoms with Crippen LogP contribution in [0.5, 0.6) is 0 Å². The van der Waals surface area contributed by atoms with Gasteiger partial charge in [0, 0.05) is 6.04 Å². The Morgan fingerprint density at radius 3 is 2.33 bits per heavy atom. The lowest BCUT2D eigenvalue weighted by atomic mass is 10.1. The van der Waals surface area contributed by atoms with E-state index in [1.165, 1.54) is 0 Å². The monoisotopic (exact) mass is 170 g/mol. The van der Waals surface area contributed by atoms with Crippen LogP contribution in [0.3, 0.4) is 0 Å². The molecule has 0 bridgehead atoms. The van der Waals surface area contributed by atoms with E-state index in [1.807, 2.05) is 25.9 Å². The summed E-state index contributed by atoms with van der Waals surface area (Å²) < 4.78 is 0. The topological polar surface area (TPSA) is 43.4 Å². The molecule has 0 aliphatic carbocycles. The molecule has 0 aromatic carbocycles. The van der Waals surface area contributed by atoms with E-state index in [2.05, 4.69) is 0 Å². The summed E-state index contributed by atoms with van der Waals surface area (Å²) in [7, 11) is 3.85. The average Bonchev–Trinajstić information content (AvgIpc) is 1.98. The SMILES string of the molecule is CCC(/C=C(\C)C(=O)[O-])N(C)C. The van der Waals surface area contributed by atoms with Crippen molar-refractivity contribution >= 4 is 5.97 Å². The van der Waals surface area contributed by atoms with Crippen LogP contribution in [0.1, 0.15) is 20.3 Å². The fraction of sp³-hybridized carbons (Fsp3) is 0.667. The number of hydrogen-bond acceptors (Lipinski definition) is 3. The molecular weight excluding hydrogens is 154 g/mol. The zero-order valence-corrected chi connectivity index (χ0v) is 8.13. The summed E-state index contributed by atoms with van der Waals surface area (Å²) in [6.07, 6.45) is 2.62. The molecule has 0 spiro atoms. The summed E-state index contributed by atoms with van der Waals surface area (Å²) in [6, 6.07) is 0.183. The highest BCUT2D eigenvalue weighted by atomic mass is 16.4. The van der Waals surface area contributed by atoms with Gasteiger partial charge in [-0.2, -0.15) is 0 Å². The van der Waals surface area contributed by atoms with Crippen molar-refractivity contribution in [1.82, 2.24) is 4.90 Å². The van der Waals surface area contributed by atoms with Crippen molar-refractivity contribution in [1.29, 1.82) is 0 Å². The van der Waals surface area contributed by atoms with E-state index in [0.29, 0.717) is 5.57 Å². The standard InChI is InChI=1S/C9H17NO2/c1-5-8(10(3)4)6-7(2)9(11)12/h6,8H,5H2,1-4H3,(H,11,12)/p-1/b7-6+. The molecule has 0 amide bonds. The number of aliphatic carboxylic acids is 1. The van der Waals surface area contributed by atoms with Crippen molar-refractivity contribution in [2.45, 2.75) is 26.3 Å². The third-order valence-corrected chi connectivity index (χ3v) is 1.85. The van der Waals surface area contributed by atoms with Gasteiger partial charge >= 0.3 is 0 Å². The van der Waals surface area contributed by atoms with Gasteiger partial charge in [0.2, 0.25) is 0 Å². The second-order valence-electron chi connectivity index (χ2n) is 3.08. The van der Waals surface area contributed by atoms with E-state index in [-0.39, 0.29) is 6.04 Å². The molecule has 3 nitrogen and oxygen atoms in total. The molecule has 0 aliphatic heterocycles. The lowest BCUT2D eigenvalue weighted by Crippen LogP contribution is -2.28. The maximum absolute atomic E-state index is 10.4. The van der Waals surface area contributed by atoms with Gasteiger partial charge in [-0.05, 0) is 33.0 Å². The number of carbonyl (C=O) groups is 1. The van der Waals surface area contributed by atoms with Crippen LogP contribution in [0.2, 0.25) is 0 Å². The largest absolute Gasteiger partial charge is 0.545 e. The van der Waals surface area contributed by atoms with Gasteiger partial charge in [-0.3, -0.25) is 0 Å². The van der Waals surface area contributed by atoms with Gasteiger partial charge < -0.3 is 14.8 Å². The quantitative estimate of drug-likeness (QED) is 0.559. The Morgan fingerprint density at radius 2 is 2.08 bits per heavy atom. The number of nitrogens with zero attached hydrogens (tertiary/aromatic N) is 1. The van der Waals surface area contributed by atoms with Gasteiger partial charge in [0.1, 0.15) is 0 Å². The Morgan fingerprint density at radius 1 is 1.58 bits per heavy atom. The summed E-state index contributed by atoms with van der Waals surface area (Å²) in [6.45, 7) is 3.57. The van der Waals surface area contributed by atoms with Gasteiger partial charge in [0.25, 0.3) is 0 Å². The Labute approximate surface area is 73.7 Å². The van der Waals surface area contributed by atoms with Crippen LogP contribution >= 0.6 is 0 Å². The fourth-order valence-corrected chi connectivity index (χ4v) is 0.989. The smallest absolute Gasteiger partial charge is 0.0669 e. The number of carboxylic acid groups (broad SMARTS) is 1. The van der Waals surface area contributed by atoms with Crippen LogP contribution in [-0.2, 0) is 4.79 Å². The molecule has 1 unspecified atom stereocenters. The highest BCUT2D eigenvalue weighted by Gasteiger charge is 2.04. The van der Waals surface area contributed by atoms with Crippen molar-refractivity contribution in [3.63, 3.8) is 0 Å². The lowest BCUT2D eigenvalue weighted by molar-refractivity contribution is -0.299. The van der Waals surface area contributed by atoms with Crippen molar-refractivity contribution in [2.75, 3.05) is 14.1 Å². The van der Waals surface area contributed by atoms with Crippen molar-refractivity contribution in [3.05, 3.63) is 11.6 Å². The molecule has 70 valence electrons. The second kappa shape index (κ2) is 4.93. The van der Waals surface area contributed by atoms with Crippen LogP contribution in [0.25, 0.3) is 0 Å². The van der Waals surface area contributed by atoms with E-state index >= 15 is 0 Å². The Kier molecular flexibility index (Phi) is 4.59. The number of likely N-dealkylation sites (N-methyl/N-ethyl adjacent to an activating group) is 1. The van der Waals surface area contributed by atoms with Gasteiger partial charge in [0.15, 0.2) is 0 Å². The highest BCUT2D eigenvalue weighted by molar-refractivity contribution is 5.83. The van der Waals surface area contributed by atoms with Crippen molar-refractivity contribution in [2.24, 2.45) is 0 Å². The van der Waals surface area contributed by atoms with Crippen LogP contribution in [0.4, 0.5) is 0 Å². The minimum Gasteiger partial charge on any atom is -0.545 e. The Hall–Kier alpha value is -0.830. The summed E-state index contributed by atoms with van der Waals surface area (Å²) in [4.78, 5) is 12.4. The fourth-order valence-electron chi connectivity index (χ4n) is 0.989. The van der Waals surface area contributed by atoms with Gasteiger partial charge in [-0.15, -0.1) is 0 Å².